The van der Waals surface area contributed by atoms with Crippen molar-refractivity contribution >= 4 is 27.5 Å². The Labute approximate surface area is 183 Å². The van der Waals surface area contributed by atoms with Crippen LogP contribution in [0, 0.1) is 19.7 Å². The number of fused-ring (bicyclic) bond motifs is 1. The van der Waals surface area contributed by atoms with Gasteiger partial charge in [0.2, 0.25) is 5.91 Å². The molecule has 3 heterocycles. The zero-order chi connectivity index (χ0) is 22.0. The van der Waals surface area contributed by atoms with Crippen molar-refractivity contribution in [2.75, 3.05) is 32.8 Å². The molecule has 1 atom stereocenters. The first-order valence-electron chi connectivity index (χ1n) is 10.2. The van der Waals surface area contributed by atoms with Crippen LogP contribution >= 0.6 is 11.3 Å². The third kappa shape index (κ3) is 4.68. The number of carbonyl (C=O) groups excluding carboxylic acids is 1. The van der Waals surface area contributed by atoms with Crippen molar-refractivity contribution in [3.05, 3.63) is 62.8 Å². The Morgan fingerprint density at radius 3 is 2.68 bits per heavy atom. The van der Waals surface area contributed by atoms with E-state index in [-0.39, 0.29) is 29.9 Å². The number of nitrogens with zero attached hydrogens (tertiary/aromatic N) is 3. The van der Waals surface area contributed by atoms with Crippen LogP contribution in [0.25, 0.3) is 10.2 Å². The van der Waals surface area contributed by atoms with Crippen LogP contribution in [0.1, 0.15) is 22.0 Å². The molecule has 31 heavy (non-hydrogen) atoms. The molecule has 0 saturated carbocycles. The summed E-state index contributed by atoms with van der Waals surface area (Å²) in [7, 11) is 0. The number of aromatic nitrogens is 2. The second-order valence-electron chi connectivity index (χ2n) is 7.66. The fourth-order valence-electron chi connectivity index (χ4n) is 3.84. The van der Waals surface area contributed by atoms with Crippen molar-refractivity contribution in [2.45, 2.75) is 26.4 Å². The number of amides is 1. The summed E-state index contributed by atoms with van der Waals surface area (Å²) in [6, 6.07) is 6.23. The molecule has 1 saturated heterocycles. The summed E-state index contributed by atoms with van der Waals surface area (Å²) >= 11 is 1.48. The molecule has 1 aliphatic rings. The van der Waals surface area contributed by atoms with Crippen LogP contribution in [0.4, 0.5) is 4.39 Å². The molecule has 1 amide bonds. The lowest BCUT2D eigenvalue weighted by Crippen LogP contribution is -2.44. The summed E-state index contributed by atoms with van der Waals surface area (Å²) in [6.07, 6.45) is 1.43. The topological polar surface area (TPSA) is 76.5 Å². The first-order chi connectivity index (χ1) is 14.9. The van der Waals surface area contributed by atoms with E-state index in [9.17, 15) is 14.0 Å². The first kappa shape index (κ1) is 21.6. The number of aryl methyl sites for hydroxylation is 2. The number of hydrogen-bond acceptors (Lipinski definition) is 6. The minimum absolute atomic E-state index is 0.102. The Morgan fingerprint density at radius 1 is 1.26 bits per heavy atom. The lowest BCUT2D eigenvalue weighted by atomic mass is 10.0. The van der Waals surface area contributed by atoms with Gasteiger partial charge in [-0.2, -0.15) is 0 Å². The number of hydrogen-bond donors (Lipinski definition) is 1. The molecular weight excluding hydrogens is 419 g/mol. The number of carbonyl (C=O) groups is 1. The van der Waals surface area contributed by atoms with E-state index in [1.165, 1.54) is 34.4 Å². The second-order valence-corrected chi connectivity index (χ2v) is 8.86. The van der Waals surface area contributed by atoms with E-state index in [1.54, 1.807) is 12.1 Å². The Bertz CT molecular complexity index is 1140. The highest BCUT2D eigenvalue weighted by Gasteiger charge is 2.23. The summed E-state index contributed by atoms with van der Waals surface area (Å²) < 4.78 is 20.2. The van der Waals surface area contributed by atoms with E-state index >= 15 is 0 Å². The van der Waals surface area contributed by atoms with Gasteiger partial charge in [0.05, 0.1) is 31.0 Å². The molecule has 1 N–H and O–H groups in total. The average Bonchev–Trinajstić information content (AvgIpc) is 3.06. The number of ether oxygens (including phenoxy) is 1. The van der Waals surface area contributed by atoms with Crippen LogP contribution < -0.4 is 10.9 Å². The maximum atomic E-state index is 13.4. The fraction of sp³-hybridized carbons (Fsp3) is 0.409. The van der Waals surface area contributed by atoms with Crippen LogP contribution in [0.5, 0.6) is 0 Å². The Hall–Kier alpha value is -2.62. The highest BCUT2D eigenvalue weighted by molar-refractivity contribution is 7.18. The van der Waals surface area contributed by atoms with E-state index in [0.717, 1.165) is 29.1 Å². The maximum Gasteiger partial charge on any atom is 0.262 e. The average molecular weight is 445 g/mol. The predicted molar refractivity (Wildman–Crippen MR) is 118 cm³/mol. The first-order valence-corrected chi connectivity index (χ1v) is 11.0. The number of halogens is 1. The Morgan fingerprint density at radius 2 is 1.97 bits per heavy atom. The van der Waals surface area contributed by atoms with Crippen LogP contribution in [-0.4, -0.2) is 53.2 Å². The summed E-state index contributed by atoms with van der Waals surface area (Å²) in [6.45, 7) is 6.80. The summed E-state index contributed by atoms with van der Waals surface area (Å²) in [5.74, 6) is -0.567. The molecule has 3 aromatic rings. The molecule has 9 heteroatoms. The summed E-state index contributed by atoms with van der Waals surface area (Å²) in [5, 5.41) is 3.52. The number of morpholine rings is 1. The molecule has 4 rings (SSSR count). The lowest BCUT2D eigenvalue weighted by molar-refractivity contribution is -0.122. The van der Waals surface area contributed by atoms with E-state index in [0.29, 0.717) is 30.0 Å². The van der Waals surface area contributed by atoms with Crippen LogP contribution in [-0.2, 0) is 16.1 Å². The number of benzene rings is 1. The summed E-state index contributed by atoms with van der Waals surface area (Å²) in [4.78, 5) is 33.8. The van der Waals surface area contributed by atoms with Gasteiger partial charge < -0.3 is 10.1 Å². The Kier molecular flexibility index (Phi) is 6.45. The van der Waals surface area contributed by atoms with Crippen molar-refractivity contribution in [3.63, 3.8) is 0 Å². The highest BCUT2D eigenvalue weighted by Crippen LogP contribution is 2.25. The third-order valence-electron chi connectivity index (χ3n) is 5.70. The van der Waals surface area contributed by atoms with Gasteiger partial charge in [-0.3, -0.25) is 19.1 Å². The minimum Gasteiger partial charge on any atom is -0.379 e. The van der Waals surface area contributed by atoms with E-state index in [1.807, 2.05) is 13.8 Å². The molecule has 0 aliphatic carbocycles. The van der Waals surface area contributed by atoms with Crippen molar-refractivity contribution in [3.8, 4) is 0 Å². The quantitative estimate of drug-likeness (QED) is 0.632. The van der Waals surface area contributed by atoms with Crippen molar-refractivity contribution in [1.29, 1.82) is 0 Å². The molecule has 164 valence electrons. The molecule has 1 aromatic carbocycles. The zero-order valence-electron chi connectivity index (χ0n) is 17.6. The van der Waals surface area contributed by atoms with Gasteiger partial charge in [-0.15, -0.1) is 11.3 Å². The SMILES string of the molecule is Cc1sc2ncn(CC(=O)NC[C@@H](c3ccc(F)cc3)N3CCOCC3)c(=O)c2c1C. The standard InChI is InChI=1S/C22H25FN4O3S/c1-14-15(2)31-21-20(14)22(29)27(13-25-21)12-19(28)24-11-18(26-7-9-30-10-8-26)16-3-5-17(23)6-4-16/h3-6,13,18H,7-12H2,1-2H3,(H,24,28)/t18-/m0/s1. The van der Waals surface area contributed by atoms with Crippen molar-refractivity contribution in [1.82, 2.24) is 19.8 Å². The van der Waals surface area contributed by atoms with E-state index < -0.39 is 0 Å². The van der Waals surface area contributed by atoms with E-state index in [4.69, 9.17) is 4.74 Å². The van der Waals surface area contributed by atoms with Gasteiger partial charge in [-0.1, -0.05) is 12.1 Å². The van der Waals surface area contributed by atoms with Crippen LogP contribution in [0.15, 0.2) is 35.4 Å². The zero-order valence-corrected chi connectivity index (χ0v) is 18.4. The van der Waals surface area contributed by atoms with Gasteiger partial charge in [-0.25, -0.2) is 9.37 Å². The Balaban J connectivity index is 1.48. The fourth-order valence-corrected chi connectivity index (χ4v) is 4.82. The van der Waals surface area contributed by atoms with Gasteiger partial charge in [0.15, 0.2) is 0 Å². The molecule has 0 spiro atoms. The normalized spacial score (nSPS) is 15.8. The van der Waals surface area contributed by atoms with Crippen molar-refractivity contribution in [2.24, 2.45) is 0 Å². The molecular formula is C22H25FN4O3S. The number of rotatable bonds is 6. The number of thiophene rings is 1. The second kappa shape index (κ2) is 9.25. The third-order valence-corrected chi connectivity index (χ3v) is 6.82. The van der Waals surface area contributed by atoms with E-state index in [2.05, 4.69) is 15.2 Å². The largest absolute Gasteiger partial charge is 0.379 e. The smallest absolute Gasteiger partial charge is 0.262 e. The van der Waals surface area contributed by atoms with Gasteiger partial charge >= 0.3 is 0 Å². The molecule has 7 nitrogen and oxygen atoms in total. The highest BCUT2D eigenvalue weighted by atomic mass is 32.1. The van der Waals surface area contributed by atoms with Crippen LogP contribution in [0.2, 0.25) is 0 Å². The van der Waals surface area contributed by atoms with Crippen LogP contribution in [0.3, 0.4) is 0 Å². The molecule has 1 fully saturated rings. The minimum atomic E-state index is -0.297. The molecule has 0 radical (unpaired) electrons. The van der Waals surface area contributed by atoms with Crippen molar-refractivity contribution < 1.29 is 13.9 Å². The monoisotopic (exact) mass is 444 g/mol. The summed E-state index contributed by atoms with van der Waals surface area (Å²) in [5.41, 5.74) is 1.63. The lowest BCUT2D eigenvalue weighted by Gasteiger charge is -2.35. The van der Waals surface area contributed by atoms with Gasteiger partial charge in [0, 0.05) is 24.5 Å². The molecule has 1 aliphatic heterocycles. The van der Waals surface area contributed by atoms with Gasteiger partial charge in [-0.05, 0) is 37.1 Å². The predicted octanol–water partition coefficient (Wildman–Crippen LogP) is 2.40. The van der Waals surface area contributed by atoms with Gasteiger partial charge in [0.25, 0.3) is 5.56 Å². The van der Waals surface area contributed by atoms with Gasteiger partial charge in [0.1, 0.15) is 17.2 Å². The molecule has 2 aromatic heterocycles. The molecule has 0 bridgehead atoms. The molecule has 0 unspecified atom stereocenters. The maximum absolute atomic E-state index is 13.4. The number of nitrogens with one attached hydrogen (secondary N) is 1.